The van der Waals surface area contributed by atoms with Gasteiger partial charge in [0.05, 0.1) is 13.5 Å². The van der Waals surface area contributed by atoms with Crippen molar-refractivity contribution in [2.45, 2.75) is 12.8 Å². The van der Waals surface area contributed by atoms with Gasteiger partial charge in [0.25, 0.3) is 0 Å². The molecular formula is C13H17F2NO2. The van der Waals surface area contributed by atoms with E-state index in [-0.39, 0.29) is 5.97 Å². The van der Waals surface area contributed by atoms with Crippen LogP contribution in [0.3, 0.4) is 0 Å². The number of benzene rings is 1. The van der Waals surface area contributed by atoms with Gasteiger partial charge in [-0.1, -0.05) is 0 Å². The molecule has 3 nitrogen and oxygen atoms in total. The summed E-state index contributed by atoms with van der Waals surface area (Å²) in [7, 11) is 3.16. The number of halogens is 2. The highest BCUT2D eigenvalue weighted by molar-refractivity contribution is 5.69. The maximum absolute atomic E-state index is 13.3. The van der Waals surface area contributed by atoms with Crippen LogP contribution in [0, 0.1) is 11.6 Å². The third kappa shape index (κ3) is 4.79. The molecule has 0 saturated carbocycles. The summed E-state index contributed by atoms with van der Waals surface area (Å²) in [6.45, 7) is 1.08. The maximum Gasteiger partial charge on any atom is 0.306 e. The molecule has 0 amide bonds. The van der Waals surface area contributed by atoms with Crippen LogP contribution in [0.25, 0.3) is 0 Å². The first-order chi connectivity index (χ1) is 8.52. The SMILES string of the molecule is COC(=O)CCN(C)CCc1cc(F)ccc1F. The largest absolute Gasteiger partial charge is 0.469 e. The maximum atomic E-state index is 13.3. The van der Waals surface area contributed by atoms with Crippen molar-refractivity contribution in [1.82, 2.24) is 4.90 Å². The molecule has 1 aromatic rings. The number of hydrogen-bond acceptors (Lipinski definition) is 3. The minimum atomic E-state index is -0.441. The van der Waals surface area contributed by atoms with Crippen molar-refractivity contribution in [3.05, 3.63) is 35.4 Å². The van der Waals surface area contributed by atoms with Gasteiger partial charge < -0.3 is 9.64 Å². The van der Waals surface area contributed by atoms with E-state index in [2.05, 4.69) is 4.74 Å². The van der Waals surface area contributed by atoms with Crippen LogP contribution in [0.1, 0.15) is 12.0 Å². The standard InChI is InChI=1S/C13H17F2NO2/c1-16(8-6-13(17)18-2)7-5-10-9-11(14)3-4-12(10)15/h3-4,9H,5-8H2,1-2H3. The molecule has 0 unspecified atom stereocenters. The lowest BCUT2D eigenvalue weighted by Gasteiger charge is -2.15. The van der Waals surface area contributed by atoms with E-state index in [0.29, 0.717) is 31.5 Å². The molecule has 0 aromatic heterocycles. The van der Waals surface area contributed by atoms with Gasteiger partial charge in [0.2, 0.25) is 0 Å². The summed E-state index contributed by atoms with van der Waals surface area (Å²) in [5.41, 5.74) is 0.347. The average molecular weight is 257 g/mol. The summed E-state index contributed by atoms with van der Waals surface area (Å²) in [6, 6.07) is 3.42. The third-order valence-corrected chi connectivity index (χ3v) is 2.70. The number of methoxy groups -OCH3 is 1. The minimum Gasteiger partial charge on any atom is -0.469 e. The van der Waals surface area contributed by atoms with E-state index in [1.807, 2.05) is 11.9 Å². The van der Waals surface area contributed by atoms with Crippen molar-refractivity contribution in [2.75, 3.05) is 27.2 Å². The predicted molar refractivity (Wildman–Crippen MR) is 64.2 cm³/mol. The molecule has 100 valence electrons. The Kier molecular flexibility index (Phi) is 5.71. The zero-order chi connectivity index (χ0) is 13.5. The molecule has 0 aliphatic heterocycles. The van der Waals surface area contributed by atoms with Gasteiger partial charge in [-0.15, -0.1) is 0 Å². The van der Waals surface area contributed by atoms with E-state index in [0.717, 1.165) is 12.1 Å². The van der Waals surface area contributed by atoms with Crippen LogP contribution in [-0.2, 0) is 16.0 Å². The molecule has 0 spiro atoms. The Bertz CT molecular complexity index is 410. The summed E-state index contributed by atoms with van der Waals surface area (Å²) < 4.78 is 30.8. The van der Waals surface area contributed by atoms with Crippen molar-refractivity contribution in [1.29, 1.82) is 0 Å². The third-order valence-electron chi connectivity index (χ3n) is 2.70. The summed E-state index contributed by atoms with van der Waals surface area (Å²) >= 11 is 0. The molecule has 18 heavy (non-hydrogen) atoms. The Morgan fingerprint density at radius 3 is 2.72 bits per heavy atom. The van der Waals surface area contributed by atoms with Gasteiger partial charge in [-0.25, -0.2) is 8.78 Å². The summed E-state index contributed by atoms with van der Waals surface area (Å²) in [5, 5.41) is 0. The summed E-state index contributed by atoms with van der Waals surface area (Å²) in [6.07, 6.45) is 0.694. The second kappa shape index (κ2) is 7.06. The highest BCUT2D eigenvalue weighted by Crippen LogP contribution is 2.10. The highest BCUT2D eigenvalue weighted by Gasteiger charge is 2.07. The number of nitrogens with zero attached hydrogens (tertiary/aromatic N) is 1. The van der Waals surface area contributed by atoms with Crippen LogP contribution in [0.4, 0.5) is 8.78 Å². The first kappa shape index (κ1) is 14.6. The Labute approximate surface area is 105 Å². The van der Waals surface area contributed by atoms with Crippen LogP contribution in [0.15, 0.2) is 18.2 Å². The first-order valence-electron chi connectivity index (χ1n) is 5.72. The molecule has 0 atom stereocenters. The summed E-state index contributed by atoms with van der Waals surface area (Å²) in [5.74, 6) is -1.12. The van der Waals surface area contributed by atoms with E-state index >= 15 is 0 Å². The highest BCUT2D eigenvalue weighted by atomic mass is 19.1. The first-order valence-corrected chi connectivity index (χ1v) is 5.72. The van der Waals surface area contributed by atoms with Gasteiger partial charge in [0.15, 0.2) is 0 Å². The van der Waals surface area contributed by atoms with Gasteiger partial charge in [-0.05, 0) is 37.2 Å². The fraction of sp³-hybridized carbons (Fsp3) is 0.462. The number of rotatable bonds is 6. The molecule has 0 radical (unpaired) electrons. The fourth-order valence-electron chi connectivity index (χ4n) is 1.54. The normalized spacial score (nSPS) is 10.7. The lowest BCUT2D eigenvalue weighted by Crippen LogP contribution is -2.24. The molecule has 0 N–H and O–H groups in total. The van der Waals surface area contributed by atoms with Gasteiger partial charge in [0.1, 0.15) is 11.6 Å². The zero-order valence-electron chi connectivity index (χ0n) is 10.6. The van der Waals surface area contributed by atoms with Crippen LogP contribution < -0.4 is 0 Å². The van der Waals surface area contributed by atoms with Gasteiger partial charge >= 0.3 is 5.97 Å². The molecule has 0 aliphatic rings. The van der Waals surface area contributed by atoms with E-state index in [4.69, 9.17) is 0 Å². The molecule has 0 aliphatic carbocycles. The van der Waals surface area contributed by atoms with Gasteiger partial charge in [-0.2, -0.15) is 0 Å². The Balaban J connectivity index is 2.40. The van der Waals surface area contributed by atoms with Crippen molar-refractivity contribution >= 4 is 5.97 Å². The predicted octanol–water partition coefficient (Wildman–Crippen LogP) is 2.00. The van der Waals surface area contributed by atoms with Crippen molar-refractivity contribution in [3.63, 3.8) is 0 Å². The lowest BCUT2D eigenvalue weighted by molar-refractivity contribution is -0.140. The van der Waals surface area contributed by atoms with Gasteiger partial charge in [0, 0.05) is 13.1 Å². The lowest BCUT2D eigenvalue weighted by atomic mass is 10.1. The topological polar surface area (TPSA) is 29.5 Å². The molecule has 5 heteroatoms. The van der Waals surface area contributed by atoms with Crippen molar-refractivity contribution in [2.24, 2.45) is 0 Å². The van der Waals surface area contributed by atoms with E-state index in [1.54, 1.807) is 0 Å². The number of carbonyl (C=O) groups is 1. The van der Waals surface area contributed by atoms with Gasteiger partial charge in [-0.3, -0.25) is 4.79 Å². The summed E-state index contributed by atoms with van der Waals surface area (Å²) in [4.78, 5) is 12.8. The Morgan fingerprint density at radius 1 is 1.33 bits per heavy atom. The molecule has 1 aromatic carbocycles. The number of hydrogen-bond donors (Lipinski definition) is 0. The Hall–Kier alpha value is -1.49. The van der Waals surface area contributed by atoms with E-state index < -0.39 is 11.6 Å². The van der Waals surface area contributed by atoms with Crippen molar-refractivity contribution in [3.8, 4) is 0 Å². The quantitative estimate of drug-likeness (QED) is 0.730. The van der Waals surface area contributed by atoms with Crippen LogP contribution in [0.2, 0.25) is 0 Å². The van der Waals surface area contributed by atoms with Crippen LogP contribution in [-0.4, -0.2) is 38.1 Å². The molecule has 0 bridgehead atoms. The monoisotopic (exact) mass is 257 g/mol. The number of likely N-dealkylation sites (N-methyl/N-ethyl adjacent to an activating group) is 1. The second-order valence-electron chi connectivity index (χ2n) is 4.12. The van der Waals surface area contributed by atoms with Crippen LogP contribution >= 0.6 is 0 Å². The average Bonchev–Trinajstić information content (AvgIpc) is 2.36. The van der Waals surface area contributed by atoms with Crippen LogP contribution in [0.5, 0.6) is 0 Å². The molecule has 0 heterocycles. The molecule has 0 saturated heterocycles. The smallest absolute Gasteiger partial charge is 0.306 e. The minimum absolute atomic E-state index is 0.279. The Morgan fingerprint density at radius 2 is 2.06 bits per heavy atom. The fourth-order valence-corrected chi connectivity index (χ4v) is 1.54. The molecular weight excluding hydrogens is 240 g/mol. The number of ether oxygens (including phenoxy) is 1. The van der Waals surface area contributed by atoms with Crippen molar-refractivity contribution < 1.29 is 18.3 Å². The second-order valence-corrected chi connectivity index (χ2v) is 4.12. The zero-order valence-corrected chi connectivity index (χ0v) is 10.6. The van der Waals surface area contributed by atoms with E-state index in [9.17, 15) is 13.6 Å². The van der Waals surface area contributed by atoms with E-state index in [1.165, 1.54) is 13.2 Å². The molecule has 0 fully saturated rings. The number of carbonyl (C=O) groups excluding carboxylic acids is 1. The number of esters is 1. The molecule has 1 rings (SSSR count).